The molecule has 14 heavy (non-hydrogen) atoms. The van der Waals surface area contributed by atoms with Crippen molar-refractivity contribution in [2.45, 2.75) is 12.8 Å². The molecule has 2 aromatic rings. The van der Waals surface area contributed by atoms with Crippen LogP contribution in [0.2, 0.25) is 5.15 Å². The van der Waals surface area contributed by atoms with Gasteiger partial charge in [0.1, 0.15) is 5.15 Å². The maximum Gasteiger partial charge on any atom is 0.212 e. The molecule has 3 nitrogen and oxygen atoms in total. The van der Waals surface area contributed by atoms with Gasteiger partial charge in [-0.15, -0.1) is 11.6 Å². The summed E-state index contributed by atoms with van der Waals surface area (Å²) >= 11 is 13.0. The molecule has 2 aromatic heterocycles. The molecule has 0 bridgehead atoms. The zero-order chi connectivity index (χ0) is 10.1. The standard InChI is InChI=1S/C8H7Cl2N3S/c1-5-2-3-13(12-5)8-11-7(10)6(4-9)14-8/h2-3H,4H2,1H3. The summed E-state index contributed by atoms with van der Waals surface area (Å²) in [5.74, 6) is 0.386. The van der Waals surface area contributed by atoms with E-state index in [9.17, 15) is 0 Å². The predicted octanol–water partition coefficient (Wildman–Crippen LogP) is 3.03. The van der Waals surface area contributed by atoms with E-state index in [-0.39, 0.29) is 0 Å². The van der Waals surface area contributed by atoms with E-state index < -0.39 is 0 Å². The molecule has 0 aliphatic heterocycles. The summed E-state index contributed by atoms with van der Waals surface area (Å²) in [4.78, 5) is 5.04. The molecule has 74 valence electrons. The SMILES string of the molecule is Cc1ccn(-c2nc(Cl)c(CCl)s2)n1. The molecule has 0 radical (unpaired) electrons. The van der Waals surface area contributed by atoms with Crippen molar-refractivity contribution in [2.75, 3.05) is 0 Å². The van der Waals surface area contributed by atoms with Gasteiger partial charge < -0.3 is 0 Å². The van der Waals surface area contributed by atoms with Crippen molar-refractivity contribution in [2.24, 2.45) is 0 Å². The summed E-state index contributed by atoms with van der Waals surface area (Å²) in [6.45, 7) is 1.92. The Bertz CT molecular complexity index is 449. The van der Waals surface area contributed by atoms with Crippen LogP contribution in [0.5, 0.6) is 0 Å². The first-order chi connectivity index (χ1) is 6.70. The number of thiazole rings is 1. The minimum atomic E-state index is 0.386. The van der Waals surface area contributed by atoms with Crippen molar-refractivity contribution in [1.82, 2.24) is 14.8 Å². The molecule has 0 N–H and O–H groups in total. The van der Waals surface area contributed by atoms with Crippen molar-refractivity contribution >= 4 is 34.5 Å². The van der Waals surface area contributed by atoms with Crippen LogP contribution in [0.4, 0.5) is 0 Å². The van der Waals surface area contributed by atoms with E-state index in [0.717, 1.165) is 15.7 Å². The van der Waals surface area contributed by atoms with Crippen molar-refractivity contribution in [1.29, 1.82) is 0 Å². The molecular formula is C8H7Cl2N3S. The molecule has 0 saturated heterocycles. The average Bonchev–Trinajstić information content (AvgIpc) is 2.71. The number of halogens is 2. The van der Waals surface area contributed by atoms with Gasteiger partial charge in [-0.3, -0.25) is 0 Å². The topological polar surface area (TPSA) is 30.7 Å². The van der Waals surface area contributed by atoms with Crippen LogP contribution in [-0.4, -0.2) is 14.8 Å². The van der Waals surface area contributed by atoms with E-state index >= 15 is 0 Å². The fourth-order valence-electron chi connectivity index (χ4n) is 1.02. The average molecular weight is 248 g/mol. The Kier molecular flexibility index (Phi) is 2.76. The lowest BCUT2D eigenvalue weighted by molar-refractivity contribution is 0.853. The van der Waals surface area contributed by atoms with Gasteiger partial charge in [-0.2, -0.15) is 5.10 Å². The van der Waals surface area contributed by atoms with E-state index in [1.54, 1.807) is 4.68 Å². The first-order valence-electron chi connectivity index (χ1n) is 3.94. The maximum absolute atomic E-state index is 5.88. The normalized spacial score (nSPS) is 10.8. The minimum absolute atomic E-state index is 0.386. The van der Waals surface area contributed by atoms with Crippen LogP contribution in [0.1, 0.15) is 10.6 Å². The fourth-order valence-corrected chi connectivity index (χ4v) is 2.43. The van der Waals surface area contributed by atoms with Gasteiger partial charge in [0.05, 0.1) is 16.5 Å². The summed E-state index contributed by atoms with van der Waals surface area (Å²) < 4.78 is 1.70. The molecule has 2 heterocycles. The highest BCUT2D eigenvalue weighted by Crippen LogP contribution is 2.26. The lowest BCUT2D eigenvalue weighted by Crippen LogP contribution is -1.93. The third kappa shape index (κ3) is 1.78. The van der Waals surface area contributed by atoms with Crippen molar-refractivity contribution < 1.29 is 0 Å². The summed E-state index contributed by atoms with van der Waals surface area (Å²) in [7, 11) is 0. The van der Waals surface area contributed by atoms with Gasteiger partial charge in [-0.25, -0.2) is 9.67 Å². The zero-order valence-corrected chi connectivity index (χ0v) is 9.70. The van der Waals surface area contributed by atoms with E-state index in [2.05, 4.69) is 10.1 Å². The van der Waals surface area contributed by atoms with Gasteiger partial charge in [-0.1, -0.05) is 22.9 Å². The van der Waals surface area contributed by atoms with E-state index in [0.29, 0.717) is 11.0 Å². The number of alkyl halides is 1. The number of nitrogens with zero attached hydrogens (tertiary/aromatic N) is 3. The third-order valence-electron chi connectivity index (χ3n) is 1.68. The van der Waals surface area contributed by atoms with Gasteiger partial charge in [0, 0.05) is 6.20 Å². The van der Waals surface area contributed by atoms with Crippen molar-refractivity contribution in [3.63, 3.8) is 0 Å². The van der Waals surface area contributed by atoms with Gasteiger partial charge >= 0.3 is 0 Å². The smallest absolute Gasteiger partial charge is 0.212 e. The van der Waals surface area contributed by atoms with E-state index in [4.69, 9.17) is 23.2 Å². The second-order valence-corrected chi connectivity index (χ2v) is 4.43. The Hall–Kier alpha value is -0.580. The van der Waals surface area contributed by atoms with E-state index in [1.165, 1.54) is 11.3 Å². The molecular weight excluding hydrogens is 241 g/mol. The summed E-state index contributed by atoms with van der Waals surface area (Å²) in [6, 6.07) is 1.91. The summed E-state index contributed by atoms with van der Waals surface area (Å²) in [5, 5.41) is 5.45. The lowest BCUT2D eigenvalue weighted by atomic mass is 10.5. The van der Waals surface area contributed by atoms with Crippen molar-refractivity contribution in [3.05, 3.63) is 28.0 Å². The van der Waals surface area contributed by atoms with Gasteiger partial charge in [0.15, 0.2) is 0 Å². The monoisotopic (exact) mass is 247 g/mol. The highest BCUT2D eigenvalue weighted by Gasteiger charge is 2.09. The van der Waals surface area contributed by atoms with Crippen molar-refractivity contribution in [3.8, 4) is 5.13 Å². The quantitative estimate of drug-likeness (QED) is 0.765. The Morgan fingerprint density at radius 3 is 2.86 bits per heavy atom. The van der Waals surface area contributed by atoms with Gasteiger partial charge in [-0.05, 0) is 13.0 Å². The first-order valence-corrected chi connectivity index (χ1v) is 5.67. The second-order valence-electron chi connectivity index (χ2n) is 2.75. The molecule has 2 rings (SSSR count). The number of aryl methyl sites for hydroxylation is 1. The minimum Gasteiger partial charge on any atom is -0.213 e. The fraction of sp³-hybridized carbons (Fsp3) is 0.250. The van der Waals surface area contributed by atoms with Crippen LogP contribution < -0.4 is 0 Å². The molecule has 0 aliphatic rings. The lowest BCUT2D eigenvalue weighted by Gasteiger charge is -1.91. The molecule has 0 spiro atoms. The molecule has 0 saturated carbocycles. The molecule has 6 heteroatoms. The largest absolute Gasteiger partial charge is 0.213 e. The Morgan fingerprint density at radius 2 is 2.36 bits per heavy atom. The molecule has 0 fully saturated rings. The van der Waals surface area contributed by atoms with Crippen LogP contribution in [0.25, 0.3) is 5.13 Å². The molecule has 0 unspecified atom stereocenters. The highest BCUT2D eigenvalue weighted by molar-refractivity contribution is 7.14. The second kappa shape index (κ2) is 3.88. The molecule has 0 aliphatic carbocycles. The van der Waals surface area contributed by atoms with E-state index in [1.807, 2.05) is 19.2 Å². The summed E-state index contributed by atoms with van der Waals surface area (Å²) in [5.41, 5.74) is 0.948. The van der Waals surface area contributed by atoms with Crippen LogP contribution in [0, 0.1) is 6.92 Å². The zero-order valence-electron chi connectivity index (χ0n) is 7.37. The maximum atomic E-state index is 5.88. The molecule has 0 aromatic carbocycles. The van der Waals surface area contributed by atoms with Crippen LogP contribution in [0.3, 0.4) is 0 Å². The summed E-state index contributed by atoms with van der Waals surface area (Å²) in [6.07, 6.45) is 1.85. The number of rotatable bonds is 2. The Labute approximate surface area is 95.3 Å². The molecule has 0 amide bonds. The Balaban J connectivity index is 2.42. The van der Waals surface area contributed by atoms with Crippen LogP contribution >= 0.6 is 34.5 Å². The van der Waals surface area contributed by atoms with Crippen LogP contribution in [0.15, 0.2) is 12.3 Å². The number of hydrogen-bond donors (Lipinski definition) is 0. The van der Waals surface area contributed by atoms with Crippen LogP contribution in [-0.2, 0) is 5.88 Å². The number of hydrogen-bond acceptors (Lipinski definition) is 3. The third-order valence-corrected chi connectivity index (χ3v) is 3.57. The van der Waals surface area contributed by atoms with Gasteiger partial charge in [0.25, 0.3) is 0 Å². The first kappa shape index (κ1) is 9.96. The number of aromatic nitrogens is 3. The van der Waals surface area contributed by atoms with Gasteiger partial charge in [0.2, 0.25) is 5.13 Å². The predicted molar refractivity (Wildman–Crippen MR) is 58.5 cm³/mol. The Morgan fingerprint density at radius 1 is 1.57 bits per heavy atom. The molecule has 0 atom stereocenters. The highest BCUT2D eigenvalue weighted by atomic mass is 35.5.